The summed E-state index contributed by atoms with van der Waals surface area (Å²) in [4.78, 5) is 23.8. The molecular formula is C15H24N4O2S. The molecule has 22 heavy (non-hydrogen) atoms. The van der Waals surface area contributed by atoms with Gasteiger partial charge in [0.25, 0.3) is 0 Å². The third-order valence-corrected chi connectivity index (χ3v) is 5.04. The number of amides is 2. The standard InChI is InChI=1S/C15H24N4O2S/c1-3-14-18-19-15(22-14)17-13(21)9-8-12(20)16-11-7-5-4-6-10(11)2/h10-11H,3-9H2,1-2H3,(H,16,20)(H,17,19,21). The van der Waals surface area contributed by atoms with E-state index < -0.39 is 0 Å². The Balaban J connectivity index is 1.70. The lowest BCUT2D eigenvalue weighted by atomic mass is 9.86. The zero-order valence-electron chi connectivity index (χ0n) is 13.2. The molecule has 1 aliphatic carbocycles. The summed E-state index contributed by atoms with van der Waals surface area (Å²) in [5, 5.41) is 15.0. The molecule has 1 aromatic rings. The SMILES string of the molecule is CCc1nnc(NC(=O)CCC(=O)NC2CCCCC2C)s1. The zero-order chi connectivity index (χ0) is 15.9. The Bertz CT molecular complexity index is 517. The lowest BCUT2D eigenvalue weighted by Crippen LogP contribution is -2.41. The topological polar surface area (TPSA) is 84.0 Å². The number of carbonyl (C=O) groups excluding carboxylic acids is 2. The maximum Gasteiger partial charge on any atom is 0.226 e. The van der Waals surface area contributed by atoms with Crippen LogP contribution in [-0.4, -0.2) is 28.1 Å². The average molecular weight is 324 g/mol. The summed E-state index contributed by atoms with van der Waals surface area (Å²) in [6.07, 6.45) is 5.83. The van der Waals surface area contributed by atoms with Crippen molar-refractivity contribution in [3.8, 4) is 0 Å². The van der Waals surface area contributed by atoms with E-state index in [1.165, 1.54) is 30.6 Å². The summed E-state index contributed by atoms with van der Waals surface area (Å²) in [6, 6.07) is 0.264. The molecule has 122 valence electrons. The number of aromatic nitrogens is 2. The predicted molar refractivity (Wildman–Crippen MR) is 86.7 cm³/mol. The second-order valence-corrected chi connectivity index (χ2v) is 6.90. The van der Waals surface area contributed by atoms with Crippen molar-refractivity contribution >= 4 is 28.3 Å². The minimum absolute atomic E-state index is 0.0413. The summed E-state index contributed by atoms with van der Waals surface area (Å²) < 4.78 is 0. The summed E-state index contributed by atoms with van der Waals surface area (Å²) in [5.41, 5.74) is 0. The normalized spacial score (nSPS) is 21.4. The maximum atomic E-state index is 11.9. The van der Waals surface area contributed by atoms with Crippen LogP contribution < -0.4 is 10.6 Å². The van der Waals surface area contributed by atoms with Gasteiger partial charge in [-0.3, -0.25) is 9.59 Å². The van der Waals surface area contributed by atoms with Crippen molar-refractivity contribution in [1.82, 2.24) is 15.5 Å². The molecule has 0 saturated heterocycles. The summed E-state index contributed by atoms with van der Waals surface area (Å²) in [5.74, 6) is 0.298. The number of aryl methyl sites for hydroxylation is 1. The largest absolute Gasteiger partial charge is 0.353 e. The number of hydrogen-bond donors (Lipinski definition) is 2. The van der Waals surface area contributed by atoms with Crippen molar-refractivity contribution in [3.63, 3.8) is 0 Å². The molecule has 0 aromatic carbocycles. The molecule has 0 spiro atoms. The molecule has 0 aliphatic heterocycles. The highest BCUT2D eigenvalue weighted by Gasteiger charge is 2.22. The zero-order valence-corrected chi connectivity index (χ0v) is 14.0. The molecule has 2 N–H and O–H groups in total. The number of carbonyl (C=O) groups is 2. The monoisotopic (exact) mass is 324 g/mol. The lowest BCUT2D eigenvalue weighted by Gasteiger charge is -2.29. The Morgan fingerprint density at radius 3 is 2.59 bits per heavy atom. The molecule has 6 nitrogen and oxygen atoms in total. The van der Waals surface area contributed by atoms with Crippen molar-refractivity contribution < 1.29 is 9.59 Å². The van der Waals surface area contributed by atoms with Crippen LogP contribution in [-0.2, 0) is 16.0 Å². The van der Waals surface area contributed by atoms with Crippen LogP contribution in [0.5, 0.6) is 0 Å². The van der Waals surface area contributed by atoms with E-state index in [0.29, 0.717) is 11.0 Å². The second kappa shape index (κ2) is 8.22. The van der Waals surface area contributed by atoms with Gasteiger partial charge >= 0.3 is 0 Å². The Labute approximate surface area is 135 Å². The van der Waals surface area contributed by atoms with E-state index in [1.54, 1.807) is 0 Å². The minimum Gasteiger partial charge on any atom is -0.353 e. The van der Waals surface area contributed by atoms with Gasteiger partial charge in [0.1, 0.15) is 5.01 Å². The third kappa shape index (κ3) is 5.05. The Hall–Kier alpha value is -1.50. The summed E-state index contributed by atoms with van der Waals surface area (Å²) >= 11 is 1.37. The fraction of sp³-hybridized carbons (Fsp3) is 0.733. The highest BCUT2D eigenvalue weighted by molar-refractivity contribution is 7.15. The van der Waals surface area contributed by atoms with Gasteiger partial charge in [-0.15, -0.1) is 10.2 Å². The van der Waals surface area contributed by atoms with Crippen LogP contribution >= 0.6 is 11.3 Å². The first-order valence-electron chi connectivity index (χ1n) is 8.00. The second-order valence-electron chi connectivity index (χ2n) is 5.84. The van der Waals surface area contributed by atoms with Gasteiger partial charge in [-0.2, -0.15) is 0 Å². The van der Waals surface area contributed by atoms with E-state index >= 15 is 0 Å². The first-order chi connectivity index (χ1) is 10.6. The molecule has 1 fully saturated rings. The molecule has 2 amide bonds. The average Bonchev–Trinajstić information content (AvgIpc) is 2.95. The maximum absolute atomic E-state index is 11.9. The number of anilines is 1. The third-order valence-electron chi connectivity index (χ3n) is 4.05. The number of rotatable bonds is 6. The molecule has 1 heterocycles. The van der Waals surface area contributed by atoms with Crippen LogP contribution in [0.25, 0.3) is 0 Å². The van der Waals surface area contributed by atoms with Crippen LogP contribution in [0.1, 0.15) is 57.4 Å². The highest BCUT2D eigenvalue weighted by Crippen LogP contribution is 2.23. The molecule has 7 heteroatoms. The molecule has 2 rings (SSSR count). The summed E-state index contributed by atoms with van der Waals surface area (Å²) in [6.45, 7) is 4.17. The predicted octanol–water partition coefficient (Wildman–Crippen LogP) is 2.51. The van der Waals surface area contributed by atoms with Crippen molar-refractivity contribution in [2.75, 3.05) is 5.32 Å². The lowest BCUT2D eigenvalue weighted by molar-refractivity contribution is -0.125. The van der Waals surface area contributed by atoms with E-state index in [2.05, 4.69) is 27.8 Å². The van der Waals surface area contributed by atoms with Gasteiger partial charge in [-0.25, -0.2) is 0 Å². The minimum atomic E-state index is -0.189. The Morgan fingerprint density at radius 2 is 1.91 bits per heavy atom. The van der Waals surface area contributed by atoms with Gasteiger partial charge in [0.15, 0.2) is 0 Å². The van der Waals surface area contributed by atoms with Gasteiger partial charge in [-0.05, 0) is 25.2 Å². The fourth-order valence-corrected chi connectivity index (χ4v) is 3.36. The van der Waals surface area contributed by atoms with Crippen molar-refractivity contribution in [2.45, 2.75) is 64.8 Å². The van der Waals surface area contributed by atoms with E-state index in [1.807, 2.05) is 6.92 Å². The molecular weight excluding hydrogens is 300 g/mol. The van der Waals surface area contributed by atoms with E-state index in [4.69, 9.17) is 0 Å². The van der Waals surface area contributed by atoms with Crippen LogP contribution in [0.2, 0.25) is 0 Å². The molecule has 1 saturated carbocycles. The molecule has 1 aliphatic rings. The van der Waals surface area contributed by atoms with Gasteiger partial charge in [0, 0.05) is 18.9 Å². The molecule has 0 radical (unpaired) electrons. The first-order valence-corrected chi connectivity index (χ1v) is 8.81. The Kier molecular flexibility index (Phi) is 6.30. The quantitative estimate of drug-likeness (QED) is 0.842. The highest BCUT2D eigenvalue weighted by atomic mass is 32.1. The van der Waals surface area contributed by atoms with Crippen LogP contribution in [0.4, 0.5) is 5.13 Å². The van der Waals surface area contributed by atoms with Crippen LogP contribution in [0.3, 0.4) is 0 Å². The number of nitrogens with one attached hydrogen (secondary N) is 2. The Morgan fingerprint density at radius 1 is 1.18 bits per heavy atom. The van der Waals surface area contributed by atoms with Crippen LogP contribution in [0.15, 0.2) is 0 Å². The van der Waals surface area contributed by atoms with Gasteiger partial charge in [-0.1, -0.05) is 38.0 Å². The smallest absolute Gasteiger partial charge is 0.226 e. The van der Waals surface area contributed by atoms with Gasteiger partial charge < -0.3 is 10.6 Å². The molecule has 2 atom stereocenters. The molecule has 1 aromatic heterocycles. The van der Waals surface area contributed by atoms with E-state index in [-0.39, 0.29) is 30.7 Å². The molecule has 2 unspecified atom stereocenters. The number of hydrogen-bond acceptors (Lipinski definition) is 5. The first kappa shape index (κ1) is 16.9. The fourth-order valence-electron chi connectivity index (χ4n) is 2.67. The van der Waals surface area contributed by atoms with Crippen LogP contribution in [0, 0.1) is 5.92 Å². The van der Waals surface area contributed by atoms with E-state index in [9.17, 15) is 9.59 Å². The van der Waals surface area contributed by atoms with E-state index in [0.717, 1.165) is 17.8 Å². The van der Waals surface area contributed by atoms with Gasteiger partial charge in [0.05, 0.1) is 0 Å². The van der Waals surface area contributed by atoms with Crippen molar-refractivity contribution in [3.05, 3.63) is 5.01 Å². The van der Waals surface area contributed by atoms with Gasteiger partial charge in [0.2, 0.25) is 16.9 Å². The number of nitrogens with zero attached hydrogens (tertiary/aromatic N) is 2. The summed E-state index contributed by atoms with van der Waals surface area (Å²) in [7, 11) is 0. The van der Waals surface area contributed by atoms with Crippen molar-refractivity contribution in [2.24, 2.45) is 5.92 Å². The van der Waals surface area contributed by atoms with Crippen molar-refractivity contribution in [1.29, 1.82) is 0 Å². The molecule has 0 bridgehead atoms.